The van der Waals surface area contributed by atoms with E-state index in [2.05, 4.69) is 87.6 Å². The Labute approximate surface area is 200 Å². The van der Waals surface area contributed by atoms with Crippen LogP contribution in [0.3, 0.4) is 0 Å². The zero-order valence-electron chi connectivity index (χ0n) is 20.5. The van der Waals surface area contributed by atoms with Crippen molar-refractivity contribution in [3.8, 4) is 0 Å². The van der Waals surface area contributed by atoms with Crippen molar-refractivity contribution in [2.24, 2.45) is 0 Å². The highest BCUT2D eigenvalue weighted by Gasteiger charge is 2.41. The van der Waals surface area contributed by atoms with Crippen molar-refractivity contribution in [3.63, 3.8) is 0 Å². The Bertz CT molecular complexity index is 879. The molecule has 2 fully saturated rings. The predicted octanol–water partition coefficient (Wildman–Crippen LogP) is 3.11. The van der Waals surface area contributed by atoms with E-state index in [1.165, 1.54) is 75.5 Å². The second-order valence-corrected chi connectivity index (χ2v) is 10.3. The first-order valence-electron chi connectivity index (χ1n) is 12.9. The third-order valence-electron chi connectivity index (χ3n) is 7.83. The molecule has 0 radical (unpaired) electrons. The molecule has 1 aliphatic carbocycles. The Morgan fingerprint density at radius 1 is 0.939 bits per heavy atom. The fraction of sp³-hybridized carbons (Fsp3) is 0.571. The molecule has 5 heteroatoms. The van der Waals surface area contributed by atoms with Crippen molar-refractivity contribution in [1.82, 2.24) is 24.9 Å². The van der Waals surface area contributed by atoms with Crippen molar-refractivity contribution in [2.45, 2.75) is 31.3 Å². The van der Waals surface area contributed by atoms with Gasteiger partial charge in [0.25, 0.3) is 0 Å². The van der Waals surface area contributed by atoms with Gasteiger partial charge in [-0.2, -0.15) is 0 Å². The molecule has 0 spiro atoms. The first kappa shape index (κ1) is 22.9. The SMILES string of the molecule is CN(C)CCCN1CCN(CCN2CCC3=C4C=CCC=C4NC3C2c2ccccc2)CC1. The van der Waals surface area contributed by atoms with Crippen LogP contribution < -0.4 is 5.32 Å². The number of piperidine rings is 1. The van der Waals surface area contributed by atoms with E-state index >= 15 is 0 Å². The Kier molecular flexibility index (Phi) is 7.31. The topological polar surface area (TPSA) is 25.0 Å². The molecule has 5 rings (SSSR count). The van der Waals surface area contributed by atoms with Gasteiger partial charge in [0.1, 0.15) is 0 Å². The Morgan fingerprint density at radius 3 is 2.45 bits per heavy atom. The maximum absolute atomic E-state index is 3.91. The number of rotatable bonds is 8. The van der Waals surface area contributed by atoms with Gasteiger partial charge >= 0.3 is 0 Å². The number of piperazine rings is 1. The summed E-state index contributed by atoms with van der Waals surface area (Å²) in [6.07, 6.45) is 10.5. The van der Waals surface area contributed by atoms with Gasteiger partial charge in [-0.15, -0.1) is 0 Å². The summed E-state index contributed by atoms with van der Waals surface area (Å²) in [6, 6.07) is 12.0. The zero-order chi connectivity index (χ0) is 22.6. The summed E-state index contributed by atoms with van der Waals surface area (Å²) in [5, 5.41) is 3.91. The average Bonchev–Trinajstić information content (AvgIpc) is 3.22. The summed E-state index contributed by atoms with van der Waals surface area (Å²) in [4.78, 5) is 10.4. The minimum absolute atomic E-state index is 0.402. The van der Waals surface area contributed by atoms with Crippen LogP contribution >= 0.6 is 0 Å². The molecular weight excluding hydrogens is 406 g/mol. The van der Waals surface area contributed by atoms with Gasteiger partial charge in [-0.25, -0.2) is 0 Å². The fourth-order valence-electron chi connectivity index (χ4n) is 6.01. The second-order valence-electron chi connectivity index (χ2n) is 10.3. The van der Waals surface area contributed by atoms with E-state index in [0.29, 0.717) is 12.1 Å². The normalized spacial score (nSPS) is 26.3. The largest absolute Gasteiger partial charge is 0.376 e. The van der Waals surface area contributed by atoms with Crippen LogP contribution in [0.4, 0.5) is 0 Å². The number of nitrogens with zero attached hydrogens (tertiary/aromatic N) is 4. The number of hydrogen-bond donors (Lipinski definition) is 1. The number of allylic oxidation sites excluding steroid dienone is 3. The molecule has 5 nitrogen and oxygen atoms in total. The van der Waals surface area contributed by atoms with Crippen LogP contribution in [-0.2, 0) is 0 Å². The van der Waals surface area contributed by atoms with Crippen LogP contribution in [0, 0.1) is 0 Å². The number of benzene rings is 1. The van der Waals surface area contributed by atoms with E-state index in [0.717, 1.165) is 19.5 Å². The van der Waals surface area contributed by atoms with Crippen molar-refractivity contribution in [2.75, 3.05) is 73.0 Å². The molecule has 0 aromatic heterocycles. The fourth-order valence-corrected chi connectivity index (χ4v) is 6.01. The lowest BCUT2D eigenvalue weighted by Gasteiger charge is -2.43. The molecule has 33 heavy (non-hydrogen) atoms. The highest BCUT2D eigenvalue weighted by atomic mass is 15.3. The highest BCUT2D eigenvalue weighted by Crippen LogP contribution is 2.42. The number of fused-ring (bicyclic) bond motifs is 2. The van der Waals surface area contributed by atoms with Gasteiger partial charge in [-0.3, -0.25) is 9.80 Å². The van der Waals surface area contributed by atoms with E-state index < -0.39 is 0 Å². The summed E-state index contributed by atoms with van der Waals surface area (Å²) >= 11 is 0. The quantitative estimate of drug-likeness (QED) is 0.660. The van der Waals surface area contributed by atoms with Crippen molar-refractivity contribution in [1.29, 1.82) is 0 Å². The van der Waals surface area contributed by atoms with Crippen molar-refractivity contribution in [3.05, 3.63) is 71.0 Å². The molecule has 2 unspecified atom stereocenters. The Hall–Kier alpha value is -1.92. The van der Waals surface area contributed by atoms with Gasteiger partial charge in [0.15, 0.2) is 0 Å². The maximum atomic E-state index is 3.91. The van der Waals surface area contributed by atoms with Crippen LogP contribution in [0.2, 0.25) is 0 Å². The van der Waals surface area contributed by atoms with Gasteiger partial charge in [0.2, 0.25) is 0 Å². The summed E-state index contributed by atoms with van der Waals surface area (Å²) in [5.74, 6) is 0. The number of nitrogens with one attached hydrogen (secondary N) is 1. The summed E-state index contributed by atoms with van der Waals surface area (Å²) in [6.45, 7) is 10.8. The lowest BCUT2D eigenvalue weighted by molar-refractivity contribution is 0.0933. The number of likely N-dealkylation sites (tertiary alicyclic amines) is 1. The summed E-state index contributed by atoms with van der Waals surface area (Å²) in [5.41, 5.74) is 5.90. The van der Waals surface area contributed by atoms with E-state index in [1.54, 1.807) is 5.57 Å². The molecular formula is C28H41N5. The second kappa shape index (κ2) is 10.6. The molecule has 0 saturated carbocycles. The molecule has 1 N–H and O–H groups in total. The number of hydrogen-bond acceptors (Lipinski definition) is 5. The third kappa shape index (κ3) is 5.27. The lowest BCUT2D eigenvalue weighted by Crippen LogP contribution is -2.52. The van der Waals surface area contributed by atoms with Crippen LogP contribution in [0.15, 0.2) is 65.4 Å². The average molecular weight is 448 g/mol. The zero-order valence-corrected chi connectivity index (χ0v) is 20.5. The van der Waals surface area contributed by atoms with Gasteiger partial charge in [-0.05, 0) is 63.2 Å². The van der Waals surface area contributed by atoms with Gasteiger partial charge in [-0.1, -0.05) is 48.6 Å². The molecule has 2 saturated heterocycles. The molecule has 1 aromatic rings. The van der Waals surface area contributed by atoms with Crippen molar-refractivity contribution >= 4 is 0 Å². The molecule has 0 amide bonds. The van der Waals surface area contributed by atoms with Crippen LogP contribution in [-0.4, -0.2) is 98.6 Å². The predicted molar refractivity (Wildman–Crippen MR) is 137 cm³/mol. The van der Waals surface area contributed by atoms with Gasteiger partial charge in [0.05, 0.1) is 12.1 Å². The highest BCUT2D eigenvalue weighted by molar-refractivity contribution is 5.54. The monoisotopic (exact) mass is 447 g/mol. The molecule has 2 atom stereocenters. The molecule has 178 valence electrons. The summed E-state index contributed by atoms with van der Waals surface area (Å²) < 4.78 is 0. The summed E-state index contributed by atoms with van der Waals surface area (Å²) in [7, 11) is 4.34. The molecule has 4 aliphatic rings. The van der Waals surface area contributed by atoms with Crippen LogP contribution in [0.5, 0.6) is 0 Å². The van der Waals surface area contributed by atoms with E-state index in [1.807, 2.05) is 0 Å². The Balaban J connectivity index is 1.21. The van der Waals surface area contributed by atoms with E-state index in [9.17, 15) is 0 Å². The molecule has 3 heterocycles. The standard InChI is InChI=1S/C28H41N5/c1-30(2)14-8-15-31-17-19-32(20-18-31)21-22-33-16-13-25-24-11-6-7-12-26(24)29-27(25)28(33)23-9-4-3-5-10-23/h3-6,9-12,27-29H,7-8,13-22H2,1-2H3. The third-order valence-corrected chi connectivity index (χ3v) is 7.83. The van der Waals surface area contributed by atoms with E-state index in [-0.39, 0.29) is 0 Å². The van der Waals surface area contributed by atoms with Crippen molar-refractivity contribution < 1.29 is 0 Å². The maximum Gasteiger partial charge on any atom is 0.0681 e. The van der Waals surface area contributed by atoms with Crippen LogP contribution in [0.25, 0.3) is 0 Å². The first-order chi connectivity index (χ1) is 16.2. The van der Waals surface area contributed by atoms with Gasteiger partial charge < -0.3 is 15.1 Å². The smallest absolute Gasteiger partial charge is 0.0681 e. The van der Waals surface area contributed by atoms with E-state index in [4.69, 9.17) is 0 Å². The lowest BCUT2D eigenvalue weighted by atomic mass is 9.86. The Morgan fingerprint density at radius 2 is 1.70 bits per heavy atom. The molecule has 0 bridgehead atoms. The first-order valence-corrected chi connectivity index (χ1v) is 12.9. The minimum Gasteiger partial charge on any atom is -0.376 e. The molecule has 1 aromatic carbocycles. The van der Waals surface area contributed by atoms with Crippen LogP contribution in [0.1, 0.15) is 30.9 Å². The van der Waals surface area contributed by atoms with Gasteiger partial charge in [0, 0.05) is 51.5 Å². The molecule has 3 aliphatic heterocycles. The minimum atomic E-state index is 0.402.